The van der Waals surface area contributed by atoms with Gasteiger partial charge in [0.1, 0.15) is 5.75 Å². The molecule has 18 heavy (non-hydrogen) atoms. The maximum atomic E-state index is 12.2. The summed E-state index contributed by atoms with van der Waals surface area (Å²) >= 11 is 0. The minimum absolute atomic E-state index is 0.0186. The van der Waals surface area contributed by atoms with E-state index in [0.29, 0.717) is 29.2 Å². The average Bonchev–Trinajstić information content (AvgIpc) is 2.81. The number of aryl methyl sites for hydroxylation is 1. The number of carbonyl (C=O) groups excluding carboxylic acids is 1. The van der Waals surface area contributed by atoms with Gasteiger partial charge in [0.15, 0.2) is 0 Å². The molecule has 1 amide bonds. The first-order valence-electron chi connectivity index (χ1n) is 6.37. The van der Waals surface area contributed by atoms with Gasteiger partial charge in [-0.25, -0.2) is 0 Å². The minimum atomic E-state index is -0.0186. The van der Waals surface area contributed by atoms with Gasteiger partial charge in [0.2, 0.25) is 0 Å². The molecule has 0 radical (unpaired) electrons. The minimum Gasteiger partial charge on any atom is -0.496 e. The number of methoxy groups -OCH3 is 1. The highest BCUT2D eigenvalue weighted by molar-refractivity contribution is 5.97. The summed E-state index contributed by atoms with van der Waals surface area (Å²) in [6.45, 7) is 4.03. The highest BCUT2D eigenvalue weighted by Gasteiger charge is 2.53. The number of rotatable bonds is 3. The summed E-state index contributed by atoms with van der Waals surface area (Å²) in [7, 11) is 1.59. The van der Waals surface area contributed by atoms with Crippen molar-refractivity contribution >= 4 is 5.91 Å². The molecule has 1 aliphatic heterocycles. The molecule has 1 aromatic carbocycles. The average molecular weight is 246 g/mol. The third kappa shape index (κ3) is 1.86. The Hall–Kier alpha value is -1.55. The number of carbonyl (C=O) groups is 1. The molecule has 3 rings (SSSR count). The molecule has 1 aromatic rings. The fourth-order valence-electron chi connectivity index (χ4n) is 2.86. The van der Waals surface area contributed by atoms with E-state index in [1.165, 1.54) is 0 Å². The Morgan fingerprint density at radius 1 is 1.39 bits per heavy atom. The van der Waals surface area contributed by atoms with E-state index in [9.17, 15) is 4.79 Å². The third-order valence-corrected chi connectivity index (χ3v) is 3.99. The maximum Gasteiger partial charge on any atom is 0.255 e. The fraction of sp³-hybridized carbons (Fsp3) is 0.500. The van der Waals surface area contributed by atoms with Gasteiger partial charge in [-0.2, -0.15) is 0 Å². The van der Waals surface area contributed by atoms with Crippen molar-refractivity contribution < 1.29 is 9.53 Å². The van der Waals surface area contributed by atoms with E-state index >= 15 is 0 Å². The van der Waals surface area contributed by atoms with Crippen LogP contribution in [0.3, 0.4) is 0 Å². The van der Waals surface area contributed by atoms with Crippen LogP contribution in [-0.4, -0.2) is 32.1 Å². The summed E-state index contributed by atoms with van der Waals surface area (Å²) < 4.78 is 5.24. The van der Waals surface area contributed by atoms with Gasteiger partial charge in [-0.05, 0) is 30.9 Å². The first kappa shape index (κ1) is 11.5. The number of piperidine rings is 1. The van der Waals surface area contributed by atoms with Crippen LogP contribution in [0.5, 0.6) is 5.75 Å². The van der Waals surface area contributed by atoms with Crippen molar-refractivity contribution in [3.8, 4) is 5.75 Å². The van der Waals surface area contributed by atoms with Crippen LogP contribution in [0, 0.1) is 18.8 Å². The molecule has 1 heterocycles. The van der Waals surface area contributed by atoms with Crippen molar-refractivity contribution in [2.24, 2.45) is 11.8 Å². The summed E-state index contributed by atoms with van der Waals surface area (Å²) in [5, 5.41) is 6.44. The van der Waals surface area contributed by atoms with Crippen molar-refractivity contribution in [3.05, 3.63) is 29.3 Å². The van der Waals surface area contributed by atoms with E-state index in [2.05, 4.69) is 10.6 Å². The van der Waals surface area contributed by atoms with Crippen LogP contribution in [0.2, 0.25) is 0 Å². The first-order valence-corrected chi connectivity index (χ1v) is 6.37. The van der Waals surface area contributed by atoms with Gasteiger partial charge >= 0.3 is 0 Å². The normalized spacial score (nSPS) is 28.7. The smallest absolute Gasteiger partial charge is 0.255 e. The number of hydrogen-bond donors (Lipinski definition) is 2. The molecule has 0 bridgehead atoms. The summed E-state index contributed by atoms with van der Waals surface area (Å²) in [5.41, 5.74) is 1.70. The Bertz CT molecular complexity index is 477. The van der Waals surface area contributed by atoms with E-state index < -0.39 is 0 Å². The van der Waals surface area contributed by atoms with E-state index in [4.69, 9.17) is 4.74 Å². The molecule has 2 unspecified atom stereocenters. The lowest BCUT2D eigenvalue weighted by Gasteiger charge is -2.11. The van der Waals surface area contributed by atoms with E-state index in [0.717, 1.165) is 18.7 Å². The summed E-state index contributed by atoms with van der Waals surface area (Å²) in [5.74, 6) is 1.88. The molecular weight excluding hydrogens is 228 g/mol. The first-order chi connectivity index (χ1) is 8.70. The number of nitrogens with one attached hydrogen (secondary N) is 2. The second-order valence-electron chi connectivity index (χ2n) is 5.19. The molecule has 1 aliphatic carbocycles. The second-order valence-corrected chi connectivity index (χ2v) is 5.19. The molecule has 2 fully saturated rings. The molecule has 0 spiro atoms. The molecule has 4 heteroatoms. The Kier molecular flexibility index (Phi) is 2.74. The molecule has 1 saturated carbocycles. The SMILES string of the molecule is COc1ccc(C)cc1C(=O)NC1C2CNCC21. The molecule has 1 saturated heterocycles. The van der Waals surface area contributed by atoms with Crippen molar-refractivity contribution in [3.63, 3.8) is 0 Å². The van der Waals surface area contributed by atoms with Crippen LogP contribution < -0.4 is 15.4 Å². The van der Waals surface area contributed by atoms with Gasteiger partial charge < -0.3 is 15.4 Å². The maximum absolute atomic E-state index is 12.2. The zero-order chi connectivity index (χ0) is 12.7. The topological polar surface area (TPSA) is 50.4 Å². The number of amides is 1. The van der Waals surface area contributed by atoms with Crippen LogP contribution in [0.4, 0.5) is 0 Å². The highest BCUT2D eigenvalue weighted by atomic mass is 16.5. The highest BCUT2D eigenvalue weighted by Crippen LogP contribution is 2.41. The van der Waals surface area contributed by atoms with E-state index in [1.807, 2.05) is 25.1 Å². The molecule has 2 N–H and O–H groups in total. The zero-order valence-electron chi connectivity index (χ0n) is 10.7. The van der Waals surface area contributed by atoms with Crippen molar-refractivity contribution in [2.45, 2.75) is 13.0 Å². The molecule has 96 valence electrons. The summed E-state index contributed by atoms with van der Waals surface area (Å²) in [6, 6.07) is 6.03. The molecule has 2 atom stereocenters. The number of hydrogen-bond acceptors (Lipinski definition) is 3. The third-order valence-electron chi connectivity index (χ3n) is 3.99. The van der Waals surface area contributed by atoms with Crippen LogP contribution >= 0.6 is 0 Å². The summed E-state index contributed by atoms with van der Waals surface area (Å²) in [6.07, 6.45) is 0. The lowest BCUT2D eigenvalue weighted by Crippen LogP contribution is -2.32. The van der Waals surface area contributed by atoms with Crippen LogP contribution in [-0.2, 0) is 0 Å². The second kappa shape index (κ2) is 4.28. The lowest BCUT2D eigenvalue weighted by atomic mass is 10.1. The molecule has 4 nitrogen and oxygen atoms in total. The van der Waals surface area contributed by atoms with Gasteiger partial charge in [0.05, 0.1) is 12.7 Å². The fourth-order valence-corrected chi connectivity index (χ4v) is 2.86. The zero-order valence-corrected chi connectivity index (χ0v) is 10.7. The lowest BCUT2D eigenvalue weighted by molar-refractivity contribution is 0.0943. The van der Waals surface area contributed by atoms with Crippen molar-refractivity contribution in [1.29, 1.82) is 0 Å². The molecule has 2 aliphatic rings. The summed E-state index contributed by atoms with van der Waals surface area (Å²) in [4.78, 5) is 12.2. The number of ether oxygens (including phenoxy) is 1. The van der Waals surface area contributed by atoms with Crippen molar-refractivity contribution in [2.75, 3.05) is 20.2 Å². The number of fused-ring (bicyclic) bond motifs is 1. The predicted molar refractivity (Wildman–Crippen MR) is 68.8 cm³/mol. The van der Waals surface area contributed by atoms with E-state index in [-0.39, 0.29) is 5.91 Å². The van der Waals surface area contributed by atoms with Gasteiger partial charge in [0.25, 0.3) is 5.91 Å². The van der Waals surface area contributed by atoms with Gasteiger partial charge in [-0.3, -0.25) is 4.79 Å². The Morgan fingerprint density at radius 3 is 2.78 bits per heavy atom. The molecule has 0 aromatic heterocycles. The largest absolute Gasteiger partial charge is 0.496 e. The number of benzene rings is 1. The Labute approximate surface area is 107 Å². The van der Waals surface area contributed by atoms with E-state index in [1.54, 1.807) is 7.11 Å². The van der Waals surface area contributed by atoms with Gasteiger partial charge in [0, 0.05) is 19.1 Å². The predicted octanol–water partition coefficient (Wildman–Crippen LogP) is 0.951. The van der Waals surface area contributed by atoms with Gasteiger partial charge in [-0.15, -0.1) is 0 Å². The quantitative estimate of drug-likeness (QED) is 0.835. The van der Waals surface area contributed by atoms with Crippen molar-refractivity contribution in [1.82, 2.24) is 10.6 Å². The van der Waals surface area contributed by atoms with Gasteiger partial charge in [-0.1, -0.05) is 11.6 Å². The van der Waals surface area contributed by atoms with Crippen LogP contribution in [0.15, 0.2) is 18.2 Å². The Balaban J connectivity index is 1.74. The standard InChI is InChI=1S/C14H18N2O2/c1-8-3-4-12(18-2)9(5-8)14(17)16-13-10-6-15-7-11(10)13/h3-5,10-11,13,15H,6-7H2,1-2H3,(H,16,17). The van der Waals surface area contributed by atoms with Crippen LogP contribution in [0.25, 0.3) is 0 Å². The Morgan fingerprint density at radius 2 is 2.11 bits per heavy atom. The monoisotopic (exact) mass is 246 g/mol. The van der Waals surface area contributed by atoms with Crippen LogP contribution in [0.1, 0.15) is 15.9 Å². The molecular formula is C14H18N2O2.